The maximum absolute atomic E-state index is 12.1. The van der Waals surface area contributed by atoms with Crippen molar-refractivity contribution in [2.45, 2.75) is 47.1 Å². The minimum atomic E-state index is -0.668. The van der Waals surface area contributed by atoms with E-state index in [0.29, 0.717) is 11.5 Å². The molecule has 0 fully saturated rings. The van der Waals surface area contributed by atoms with Crippen LogP contribution in [0.4, 0.5) is 0 Å². The lowest BCUT2D eigenvalue weighted by molar-refractivity contribution is -0.147. The van der Waals surface area contributed by atoms with Gasteiger partial charge in [0.05, 0.1) is 6.04 Å². The molecule has 0 bridgehead atoms. The highest BCUT2D eigenvalue weighted by Gasteiger charge is 2.14. The minimum absolute atomic E-state index is 0.205. The number of aryl methyl sites for hydroxylation is 2. The highest BCUT2D eigenvalue weighted by Crippen LogP contribution is 2.15. The summed E-state index contributed by atoms with van der Waals surface area (Å²) in [6, 6.07) is 13.2. The van der Waals surface area contributed by atoms with Crippen LogP contribution in [0, 0.1) is 19.8 Å². The van der Waals surface area contributed by atoms with Crippen LogP contribution in [0.15, 0.2) is 42.5 Å². The summed E-state index contributed by atoms with van der Waals surface area (Å²) in [5.41, 5.74) is 4.79. The fourth-order valence-corrected chi connectivity index (χ4v) is 3.11. The van der Waals surface area contributed by atoms with Crippen LogP contribution in [0.3, 0.4) is 0 Å². The van der Waals surface area contributed by atoms with Crippen molar-refractivity contribution in [2.24, 2.45) is 5.92 Å². The molecule has 2 N–H and O–H groups in total. The van der Waals surface area contributed by atoms with E-state index >= 15 is 0 Å². The lowest BCUT2D eigenvalue weighted by Gasteiger charge is -2.15. The zero-order valence-electron chi connectivity index (χ0n) is 19.0. The smallest absolute Gasteiger partial charge is 0.325 e. The number of rotatable bonds is 9. The van der Waals surface area contributed by atoms with Crippen LogP contribution in [0.25, 0.3) is 0 Å². The number of amides is 2. The summed E-state index contributed by atoms with van der Waals surface area (Å²) >= 11 is 0. The van der Waals surface area contributed by atoms with E-state index in [2.05, 4.69) is 36.6 Å². The molecule has 6 heteroatoms. The van der Waals surface area contributed by atoms with Gasteiger partial charge in [-0.05, 0) is 67.5 Å². The molecule has 0 heterocycles. The molecule has 2 amide bonds. The third-order valence-corrected chi connectivity index (χ3v) is 5.03. The number of nitrogens with one attached hydrogen (secondary N) is 2. The Morgan fingerprint density at radius 1 is 0.935 bits per heavy atom. The van der Waals surface area contributed by atoms with E-state index in [1.165, 1.54) is 5.56 Å². The van der Waals surface area contributed by atoms with Crippen LogP contribution < -0.4 is 10.6 Å². The number of ether oxygens (including phenoxy) is 1. The second kappa shape index (κ2) is 11.3. The lowest BCUT2D eigenvalue weighted by atomic mass is 10.00. The fourth-order valence-electron chi connectivity index (χ4n) is 3.11. The van der Waals surface area contributed by atoms with Crippen molar-refractivity contribution in [3.8, 4) is 0 Å². The Labute approximate surface area is 184 Å². The van der Waals surface area contributed by atoms with Gasteiger partial charge in [0.1, 0.15) is 6.54 Å². The molecule has 0 unspecified atom stereocenters. The molecule has 1 atom stereocenters. The number of esters is 1. The van der Waals surface area contributed by atoms with Gasteiger partial charge in [0.25, 0.3) is 11.8 Å². The standard InChI is InChI=1S/C25H32N2O4/c1-16(2)12-20-7-10-21(11-8-20)19(5)27-23(28)15-31-24(29)14-26-25(30)22-9-6-17(3)18(4)13-22/h6-11,13,16,19H,12,14-15H2,1-5H3,(H,26,30)(H,27,28)/t19-/m1/s1. The van der Waals surface area contributed by atoms with Crippen molar-refractivity contribution in [3.05, 3.63) is 70.3 Å². The third-order valence-electron chi connectivity index (χ3n) is 5.03. The van der Waals surface area contributed by atoms with Gasteiger partial charge in [-0.25, -0.2) is 0 Å². The molecule has 0 aliphatic carbocycles. The topological polar surface area (TPSA) is 84.5 Å². The van der Waals surface area contributed by atoms with Crippen molar-refractivity contribution in [3.63, 3.8) is 0 Å². The molecule has 0 aliphatic rings. The summed E-state index contributed by atoms with van der Waals surface area (Å²) in [4.78, 5) is 36.1. The lowest BCUT2D eigenvalue weighted by Crippen LogP contribution is -2.34. The first-order valence-corrected chi connectivity index (χ1v) is 10.5. The van der Waals surface area contributed by atoms with Crippen LogP contribution in [-0.4, -0.2) is 30.9 Å². The predicted octanol–water partition coefficient (Wildman–Crippen LogP) is 3.65. The van der Waals surface area contributed by atoms with Gasteiger partial charge in [0.2, 0.25) is 0 Å². The van der Waals surface area contributed by atoms with Crippen LogP contribution in [0.5, 0.6) is 0 Å². The second-order valence-electron chi connectivity index (χ2n) is 8.27. The molecular weight excluding hydrogens is 392 g/mol. The second-order valence-corrected chi connectivity index (χ2v) is 8.27. The van der Waals surface area contributed by atoms with Gasteiger partial charge in [0.15, 0.2) is 6.61 Å². The van der Waals surface area contributed by atoms with E-state index in [9.17, 15) is 14.4 Å². The highest BCUT2D eigenvalue weighted by atomic mass is 16.5. The van der Waals surface area contributed by atoms with E-state index in [4.69, 9.17) is 4.74 Å². The monoisotopic (exact) mass is 424 g/mol. The van der Waals surface area contributed by atoms with Crippen LogP contribution in [0.1, 0.15) is 59.4 Å². The summed E-state index contributed by atoms with van der Waals surface area (Å²) in [6.07, 6.45) is 1.01. The number of benzene rings is 2. The van der Waals surface area contributed by atoms with Gasteiger partial charge in [-0.3, -0.25) is 14.4 Å². The minimum Gasteiger partial charge on any atom is -0.454 e. The molecule has 0 aromatic heterocycles. The number of carbonyl (C=O) groups excluding carboxylic acids is 3. The Kier molecular flexibility index (Phi) is 8.79. The molecule has 0 saturated carbocycles. The van der Waals surface area contributed by atoms with Crippen molar-refractivity contribution in [1.29, 1.82) is 0 Å². The molecule has 2 rings (SSSR count). The Bertz CT molecular complexity index is 920. The van der Waals surface area contributed by atoms with Gasteiger partial charge in [0, 0.05) is 5.56 Å². The fraction of sp³-hybridized carbons (Fsp3) is 0.400. The van der Waals surface area contributed by atoms with Gasteiger partial charge >= 0.3 is 5.97 Å². The van der Waals surface area contributed by atoms with E-state index in [0.717, 1.165) is 23.1 Å². The maximum Gasteiger partial charge on any atom is 0.325 e. The van der Waals surface area contributed by atoms with Crippen molar-refractivity contribution in [1.82, 2.24) is 10.6 Å². The van der Waals surface area contributed by atoms with E-state index in [1.807, 2.05) is 39.0 Å². The van der Waals surface area contributed by atoms with Crippen LogP contribution in [-0.2, 0) is 20.7 Å². The Balaban J connectivity index is 1.74. The van der Waals surface area contributed by atoms with Gasteiger partial charge < -0.3 is 15.4 Å². The molecular formula is C25H32N2O4. The van der Waals surface area contributed by atoms with Crippen molar-refractivity contribution >= 4 is 17.8 Å². The zero-order chi connectivity index (χ0) is 23.0. The first-order chi connectivity index (χ1) is 14.7. The van der Waals surface area contributed by atoms with Crippen LogP contribution in [0.2, 0.25) is 0 Å². The summed E-state index contributed by atoms with van der Waals surface area (Å²) < 4.78 is 4.97. The van der Waals surface area contributed by atoms with Crippen molar-refractivity contribution in [2.75, 3.05) is 13.2 Å². The summed E-state index contributed by atoms with van der Waals surface area (Å²) in [7, 11) is 0. The third kappa shape index (κ3) is 7.89. The average Bonchev–Trinajstić information content (AvgIpc) is 2.72. The van der Waals surface area contributed by atoms with Crippen molar-refractivity contribution < 1.29 is 19.1 Å². The summed E-state index contributed by atoms with van der Waals surface area (Å²) in [5, 5.41) is 5.32. The molecule has 31 heavy (non-hydrogen) atoms. The Morgan fingerprint density at radius 3 is 2.23 bits per heavy atom. The largest absolute Gasteiger partial charge is 0.454 e. The van der Waals surface area contributed by atoms with E-state index in [-0.39, 0.29) is 18.5 Å². The first-order valence-electron chi connectivity index (χ1n) is 10.5. The number of hydrogen-bond acceptors (Lipinski definition) is 4. The SMILES string of the molecule is Cc1ccc(C(=O)NCC(=O)OCC(=O)N[C@H](C)c2ccc(CC(C)C)cc2)cc1C. The molecule has 2 aromatic carbocycles. The number of hydrogen-bond donors (Lipinski definition) is 2. The Morgan fingerprint density at radius 2 is 1.61 bits per heavy atom. The highest BCUT2D eigenvalue weighted by molar-refractivity contribution is 5.96. The summed E-state index contributed by atoms with van der Waals surface area (Å²) in [6.45, 7) is 9.41. The molecule has 0 spiro atoms. The first kappa shape index (κ1) is 24.1. The number of carbonyl (C=O) groups is 3. The van der Waals surface area contributed by atoms with Gasteiger partial charge in [-0.1, -0.05) is 44.2 Å². The molecule has 166 valence electrons. The molecule has 0 aliphatic heterocycles. The maximum atomic E-state index is 12.1. The summed E-state index contributed by atoms with van der Waals surface area (Å²) in [5.74, 6) is -0.840. The van der Waals surface area contributed by atoms with Crippen LogP contribution >= 0.6 is 0 Å². The zero-order valence-corrected chi connectivity index (χ0v) is 19.0. The van der Waals surface area contributed by atoms with E-state index in [1.54, 1.807) is 12.1 Å². The van der Waals surface area contributed by atoms with Gasteiger partial charge in [-0.2, -0.15) is 0 Å². The van der Waals surface area contributed by atoms with E-state index < -0.39 is 18.5 Å². The van der Waals surface area contributed by atoms with Gasteiger partial charge in [-0.15, -0.1) is 0 Å². The molecule has 2 aromatic rings. The normalized spacial score (nSPS) is 11.7. The Hall–Kier alpha value is -3.15. The predicted molar refractivity (Wildman–Crippen MR) is 121 cm³/mol. The molecule has 0 radical (unpaired) electrons. The molecule has 6 nitrogen and oxygen atoms in total. The molecule has 0 saturated heterocycles. The quantitative estimate of drug-likeness (QED) is 0.602. The average molecular weight is 425 g/mol.